The van der Waals surface area contributed by atoms with Crippen molar-refractivity contribution in [3.05, 3.63) is 78.1 Å². The van der Waals surface area contributed by atoms with E-state index in [1.807, 2.05) is 12.3 Å². The summed E-state index contributed by atoms with van der Waals surface area (Å²) in [5.41, 5.74) is 4.95. The van der Waals surface area contributed by atoms with Gasteiger partial charge in [-0.3, -0.25) is 4.98 Å². The third kappa shape index (κ3) is 2.00. The van der Waals surface area contributed by atoms with Crippen LogP contribution in [-0.2, 0) is 6.54 Å². The third-order valence-electron chi connectivity index (χ3n) is 4.09. The molecule has 0 saturated heterocycles. The molecule has 2 heteroatoms. The first-order chi connectivity index (χ1) is 10.3. The number of hydrogen-bond acceptors (Lipinski definition) is 1. The molecule has 2 aromatic carbocycles. The molecule has 0 aliphatic rings. The van der Waals surface area contributed by atoms with Gasteiger partial charge in [-0.1, -0.05) is 36.4 Å². The summed E-state index contributed by atoms with van der Waals surface area (Å²) in [5.74, 6) is 0. The second-order valence-electron chi connectivity index (χ2n) is 5.44. The maximum absolute atomic E-state index is 4.55. The number of pyridine rings is 1. The first kappa shape index (κ1) is 12.2. The fourth-order valence-corrected chi connectivity index (χ4v) is 2.99. The average molecular weight is 272 g/mol. The topological polar surface area (TPSA) is 17.8 Å². The van der Waals surface area contributed by atoms with Gasteiger partial charge >= 0.3 is 0 Å². The van der Waals surface area contributed by atoms with Gasteiger partial charge in [0.05, 0.1) is 5.52 Å². The first-order valence-corrected chi connectivity index (χ1v) is 7.20. The van der Waals surface area contributed by atoms with Crippen molar-refractivity contribution in [2.24, 2.45) is 0 Å². The Morgan fingerprint density at radius 3 is 2.76 bits per heavy atom. The normalized spacial score (nSPS) is 11.3. The predicted octanol–water partition coefficient (Wildman–Crippen LogP) is 4.55. The van der Waals surface area contributed by atoms with E-state index in [-0.39, 0.29) is 0 Å². The zero-order chi connectivity index (χ0) is 14.2. The molecule has 0 unspecified atom stereocenters. The highest BCUT2D eigenvalue weighted by atomic mass is 15.0. The Bertz CT molecular complexity index is 929. The number of nitrogens with zero attached hydrogens (tertiary/aromatic N) is 2. The lowest BCUT2D eigenvalue weighted by atomic mass is 10.1. The van der Waals surface area contributed by atoms with Gasteiger partial charge in [-0.25, -0.2) is 0 Å². The molecule has 0 aliphatic carbocycles. The van der Waals surface area contributed by atoms with Gasteiger partial charge in [0, 0.05) is 35.2 Å². The van der Waals surface area contributed by atoms with E-state index in [0.29, 0.717) is 0 Å². The van der Waals surface area contributed by atoms with E-state index in [0.717, 1.165) is 12.1 Å². The molecule has 0 saturated carbocycles. The van der Waals surface area contributed by atoms with Crippen LogP contribution in [0.25, 0.3) is 21.8 Å². The zero-order valence-corrected chi connectivity index (χ0v) is 12.0. The molecule has 4 aromatic rings. The molecule has 0 amide bonds. The van der Waals surface area contributed by atoms with E-state index in [9.17, 15) is 0 Å². The average Bonchev–Trinajstić information content (AvgIpc) is 2.92. The Morgan fingerprint density at radius 1 is 0.952 bits per heavy atom. The molecule has 0 aliphatic heterocycles. The van der Waals surface area contributed by atoms with Crippen molar-refractivity contribution in [1.82, 2.24) is 9.55 Å². The van der Waals surface area contributed by atoms with E-state index in [4.69, 9.17) is 0 Å². The van der Waals surface area contributed by atoms with Crippen LogP contribution in [0.1, 0.15) is 11.1 Å². The predicted molar refractivity (Wildman–Crippen MR) is 87.5 cm³/mol. The van der Waals surface area contributed by atoms with E-state index in [2.05, 4.69) is 71.2 Å². The van der Waals surface area contributed by atoms with E-state index in [1.165, 1.54) is 27.4 Å². The van der Waals surface area contributed by atoms with Crippen molar-refractivity contribution < 1.29 is 0 Å². The minimum Gasteiger partial charge on any atom is -0.343 e. The molecule has 21 heavy (non-hydrogen) atoms. The molecule has 2 heterocycles. The molecule has 0 spiro atoms. The van der Waals surface area contributed by atoms with Crippen LogP contribution in [0.15, 0.2) is 67.0 Å². The molecule has 0 N–H and O–H groups in total. The van der Waals surface area contributed by atoms with Gasteiger partial charge in [-0.2, -0.15) is 0 Å². The zero-order valence-electron chi connectivity index (χ0n) is 12.0. The molecule has 2 nitrogen and oxygen atoms in total. The summed E-state index contributed by atoms with van der Waals surface area (Å²) in [4.78, 5) is 4.55. The smallest absolute Gasteiger partial charge is 0.0751 e. The van der Waals surface area contributed by atoms with Gasteiger partial charge < -0.3 is 4.57 Å². The number of aromatic nitrogens is 2. The molecular formula is C19H16N2. The van der Waals surface area contributed by atoms with Crippen LogP contribution in [0.3, 0.4) is 0 Å². The molecular weight excluding hydrogens is 256 g/mol. The van der Waals surface area contributed by atoms with Crippen molar-refractivity contribution in [3.63, 3.8) is 0 Å². The van der Waals surface area contributed by atoms with Crippen molar-refractivity contribution in [2.45, 2.75) is 13.5 Å². The Balaban J connectivity index is 1.85. The van der Waals surface area contributed by atoms with Crippen molar-refractivity contribution in [3.8, 4) is 0 Å². The lowest BCUT2D eigenvalue weighted by molar-refractivity contribution is 0.841. The second-order valence-corrected chi connectivity index (χ2v) is 5.44. The largest absolute Gasteiger partial charge is 0.343 e. The van der Waals surface area contributed by atoms with Crippen LogP contribution < -0.4 is 0 Å². The van der Waals surface area contributed by atoms with Crippen LogP contribution in [0.4, 0.5) is 0 Å². The van der Waals surface area contributed by atoms with Gasteiger partial charge in [0.25, 0.3) is 0 Å². The fraction of sp³-hybridized carbons (Fsp3) is 0.105. The summed E-state index contributed by atoms with van der Waals surface area (Å²) in [6.07, 6.45) is 4.03. The fourth-order valence-electron chi connectivity index (χ4n) is 2.99. The van der Waals surface area contributed by atoms with Gasteiger partial charge in [0.15, 0.2) is 0 Å². The van der Waals surface area contributed by atoms with E-state index in [1.54, 1.807) is 0 Å². The molecule has 2 aromatic heterocycles. The summed E-state index contributed by atoms with van der Waals surface area (Å²) in [6, 6.07) is 19.1. The molecule has 0 fully saturated rings. The minimum absolute atomic E-state index is 0.849. The van der Waals surface area contributed by atoms with Crippen molar-refractivity contribution in [2.75, 3.05) is 0 Å². The Labute approximate surface area is 123 Å². The highest BCUT2D eigenvalue weighted by molar-refractivity contribution is 5.84. The Kier molecular flexibility index (Phi) is 2.74. The van der Waals surface area contributed by atoms with Gasteiger partial charge in [-0.15, -0.1) is 0 Å². The van der Waals surface area contributed by atoms with Crippen LogP contribution in [0.5, 0.6) is 0 Å². The quantitative estimate of drug-likeness (QED) is 0.523. The second kappa shape index (κ2) is 4.74. The van der Waals surface area contributed by atoms with Crippen molar-refractivity contribution >= 4 is 21.8 Å². The van der Waals surface area contributed by atoms with E-state index < -0.39 is 0 Å². The maximum Gasteiger partial charge on any atom is 0.0751 e. The maximum atomic E-state index is 4.55. The Morgan fingerprint density at radius 2 is 1.81 bits per heavy atom. The molecule has 0 atom stereocenters. The summed E-state index contributed by atoms with van der Waals surface area (Å²) in [5, 5.41) is 2.52. The van der Waals surface area contributed by atoms with E-state index >= 15 is 0 Å². The summed E-state index contributed by atoms with van der Waals surface area (Å²) >= 11 is 0. The Hall–Kier alpha value is -2.61. The lowest BCUT2D eigenvalue weighted by Crippen LogP contribution is -1.99. The van der Waals surface area contributed by atoms with Gasteiger partial charge in [-0.05, 0) is 36.2 Å². The van der Waals surface area contributed by atoms with Crippen LogP contribution in [-0.4, -0.2) is 9.55 Å². The number of para-hydroxylation sites is 1. The minimum atomic E-state index is 0.849. The molecule has 102 valence electrons. The first-order valence-electron chi connectivity index (χ1n) is 7.20. The SMILES string of the molecule is Cc1cccc2c1ccn2Cc1cccc2cccnc12. The summed E-state index contributed by atoms with van der Waals surface area (Å²) in [6.45, 7) is 3.01. The number of rotatable bonds is 2. The molecule has 4 rings (SSSR count). The summed E-state index contributed by atoms with van der Waals surface area (Å²) in [7, 11) is 0. The van der Waals surface area contributed by atoms with Crippen molar-refractivity contribution in [1.29, 1.82) is 0 Å². The number of fused-ring (bicyclic) bond motifs is 2. The highest BCUT2D eigenvalue weighted by Crippen LogP contribution is 2.22. The standard InChI is InChI=1S/C19H16N2/c1-14-5-2-9-18-17(14)10-12-21(18)13-16-7-3-6-15-8-4-11-20-19(15)16/h2-12H,13H2,1H3. The number of benzene rings is 2. The molecule has 0 bridgehead atoms. The number of aryl methyl sites for hydroxylation is 1. The van der Waals surface area contributed by atoms with Crippen LogP contribution in [0.2, 0.25) is 0 Å². The van der Waals surface area contributed by atoms with Crippen LogP contribution in [0, 0.1) is 6.92 Å². The van der Waals surface area contributed by atoms with Gasteiger partial charge in [0.1, 0.15) is 0 Å². The third-order valence-corrected chi connectivity index (χ3v) is 4.09. The number of hydrogen-bond donors (Lipinski definition) is 0. The van der Waals surface area contributed by atoms with Crippen LogP contribution >= 0.6 is 0 Å². The highest BCUT2D eigenvalue weighted by Gasteiger charge is 2.06. The van der Waals surface area contributed by atoms with Gasteiger partial charge in [0.2, 0.25) is 0 Å². The summed E-state index contributed by atoms with van der Waals surface area (Å²) < 4.78 is 2.30. The molecule has 0 radical (unpaired) electrons. The lowest BCUT2D eigenvalue weighted by Gasteiger charge is -2.09. The monoisotopic (exact) mass is 272 g/mol.